The monoisotopic (exact) mass is 877 g/mol. The lowest BCUT2D eigenvalue weighted by molar-refractivity contribution is 0.593. The molecule has 0 aliphatic rings. The Morgan fingerprint density at radius 3 is 1.27 bits per heavy atom. The van der Waals surface area contributed by atoms with Crippen LogP contribution in [-0.4, -0.2) is 33.0 Å². The van der Waals surface area contributed by atoms with Gasteiger partial charge in [-0.1, -0.05) is 158 Å². The molecule has 0 fully saturated rings. The van der Waals surface area contributed by atoms with Crippen molar-refractivity contribution in [2.24, 2.45) is 22.9 Å². The van der Waals surface area contributed by atoms with Crippen LogP contribution >= 0.6 is 0 Å². The molecule has 0 amide bonds. The van der Waals surface area contributed by atoms with E-state index in [9.17, 15) is 0 Å². The van der Waals surface area contributed by atoms with Gasteiger partial charge in [0.25, 0.3) is 0 Å². The maximum Gasteiger partial charge on any atom is 0.0467 e. The third-order valence-corrected chi connectivity index (χ3v) is 13.2. The first kappa shape index (κ1) is 48.2. The minimum Gasteiger partial charge on any atom is -0.330 e. The smallest absolute Gasteiger partial charge is 0.0467 e. The molecule has 0 aromatic heterocycles. The van der Waals surface area contributed by atoms with E-state index in [-0.39, 0.29) is 0 Å². The second kappa shape index (κ2) is 24.7. The van der Waals surface area contributed by atoms with E-state index >= 15 is 0 Å². The predicted octanol–water partition coefficient (Wildman–Crippen LogP) is 12.4. The molecular formula is C60H72N6. The minimum absolute atomic E-state index is 0.482. The SMILES string of the molecule is Cc1c2ccccc2c(CCCCCN)c2ccccc12.Cc1ccc2c(CNCNCN)c3ccccc3c(CCCCCN)c2c1.NCCCc1c2ccccc2cc2ccccc12. The van der Waals surface area contributed by atoms with Gasteiger partial charge in [-0.3, -0.25) is 5.32 Å². The van der Waals surface area contributed by atoms with Gasteiger partial charge in [-0.15, -0.1) is 0 Å². The van der Waals surface area contributed by atoms with Crippen LogP contribution in [0.2, 0.25) is 0 Å². The van der Waals surface area contributed by atoms with E-state index in [4.69, 9.17) is 22.9 Å². The number of rotatable bonds is 18. The molecule has 0 aliphatic heterocycles. The highest BCUT2D eigenvalue weighted by Crippen LogP contribution is 2.36. The van der Waals surface area contributed by atoms with Crippen LogP contribution in [0.3, 0.4) is 0 Å². The maximum absolute atomic E-state index is 5.68. The molecule has 9 aromatic rings. The second-order valence-corrected chi connectivity index (χ2v) is 17.7. The lowest BCUT2D eigenvalue weighted by Gasteiger charge is -2.18. The molecule has 9 rings (SSSR count). The summed E-state index contributed by atoms with van der Waals surface area (Å²) in [7, 11) is 0. The molecule has 0 heterocycles. The van der Waals surface area contributed by atoms with Crippen LogP contribution in [0.25, 0.3) is 64.6 Å². The molecule has 0 spiro atoms. The predicted molar refractivity (Wildman–Crippen MR) is 288 cm³/mol. The maximum atomic E-state index is 5.68. The fourth-order valence-electron chi connectivity index (χ4n) is 9.89. The third kappa shape index (κ3) is 11.6. The van der Waals surface area contributed by atoms with Gasteiger partial charge in [0.1, 0.15) is 0 Å². The summed E-state index contributed by atoms with van der Waals surface area (Å²) in [5.41, 5.74) is 31.0. The van der Waals surface area contributed by atoms with E-state index in [0.717, 1.165) is 64.7 Å². The van der Waals surface area contributed by atoms with Gasteiger partial charge in [0, 0.05) is 19.9 Å². The minimum atomic E-state index is 0.482. The van der Waals surface area contributed by atoms with Crippen molar-refractivity contribution in [2.45, 2.75) is 84.6 Å². The molecule has 6 heteroatoms. The molecule has 0 radical (unpaired) electrons. The third-order valence-electron chi connectivity index (χ3n) is 13.2. The van der Waals surface area contributed by atoms with Crippen molar-refractivity contribution < 1.29 is 0 Å². The fraction of sp³-hybridized carbons (Fsp3) is 0.300. The molecule has 0 bridgehead atoms. The Kier molecular flexibility index (Phi) is 18.1. The van der Waals surface area contributed by atoms with Crippen molar-refractivity contribution in [1.29, 1.82) is 0 Å². The summed E-state index contributed by atoms with van der Waals surface area (Å²) in [6, 6.07) is 52.8. The largest absolute Gasteiger partial charge is 0.330 e. The summed E-state index contributed by atoms with van der Waals surface area (Å²) < 4.78 is 0. The van der Waals surface area contributed by atoms with Gasteiger partial charge in [0.2, 0.25) is 0 Å². The van der Waals surface area contributed by atoms with Crippen LogP contribution in [0.5, 0.6) is 0 Å². The normalized spacial score (nSPS) is 11.4. The van der Waals surface area contributed by atoms with Gasteiger partial charge >= 0.3 is 0 Å². The van der Waals surface area contributed by atoms with Gasteiger partial charge < -0.3 is 28.3 Å². The van der Waals surface area contributed by atoms with E-state index in [1.807, 2.05) is 0 Å². The molecule has 66 heavy (non-hydrogen) atoms. The molecular weight excluding hydrogens is 805 g/mol. The van der Waals surface area contributed by atoms with Gasteiger partial charge in [0.15, 0.2) is 0 Å². The van der Waals surface area contributed by atoms with Crippen LogP contribution in [0, 0.1) is 13.8 Å². The van der Waals surface area contributed by atoms with Crippen molar-refractivity contribution in [1.82, 2.24) is 10.6 Å². The number of hydrogen-bond donors (Lipinski definition) is 6. The van der Waals surface area contributed by atoms with Gasteiger partial charge in [-0.2, -0.15) is 0 Å². The lowest BCUT2D eigenvalue weighted by atomic mass is 9.88. The van der Waals surface area contributed by atoms with Gasteiger partial charge in [-0.25, -0.2) is 0 Å². The fourth-order valence-corrected chi connectivity index (χ4v) is 9.89. The Bertz CT molecular complexity index is 2860. The first-order valence-corrected chi connectivity index (χ1v) is 24.4. The Hall–Kier alpha value is -5.70. The quantitative estimate of drug-likeness (QED) is 0.0289. The standard InChI is InChI=1S/C23H32N4.C20H23N.C17H17N/c1-17-10-11-21-22(13-17)19(7-3-2-6-12-24)18-8-4-5-9-20(18)23(21)14-26-16-27-15-25;1-15-16-9-4-6-12-18(16)20(11-3-2-8-14-21)19-13-7-5-10-17(15)19;18-11-5-10-17-15-8-3-1-6-13(15)12-14-7-2-4-9-16(14)17/h4-5,8-11,13,26-27H,2-3,6-7,12,14-16,24-25H2,1H3;4-7,9-10,12-13H,2-3,8,11,14,21H2,1H3;1-4,6-9,12H,5,10-11,18H2. The Morgan fingerprint density at radius 1 is 0.348 bits per heavy atom. The number of aryl methyl sites for hydroxylation is 5. The zero-order chi connectivity index (χ0) is 46.1. The highest BCUT2D eigenvalue weighted by Gasteiger charge is 2.15. The lowest BCUT2D eigenvalue weighted by Crippen LogP contribution is -2.32. The van der Waals surface area contributed by atoms with Crippen LogP contribution < -0.4 is 33.6 Å². The molecule has 0 aliphatic carbocycles. The molecule has 342 valence electrons. The number of nitrogens with two attached hydrogens (primary N) is 4. The summed E-state index contributed by atoms with van der Waals surface area (Å²) >= 11 is 0. The summed E-state index contributed by atoms with van der Waals surface area (Å²) in [5, 5.41) is 23.1. The van der Waals surface area contributed by atoms with Crippen molar-refractivity contribution in [2.75, 3.05) is 33.0 Å². The van der Waals surface area contributed by atoms with Gasteiger partial charge in [-0.05, 0) is 183 Å². The molecule has 6 nitrogen and oxygen atoms in total. The van der Waals surface area contributed by atoms with E-state index in [1.54, 1.807) is 0 Å². The first-order valence-electron chi connectivity index (χ1n) is 24.4. The Labute approximate surface area is 393 Å². The second-order valence-electron chi connectivity index (χ2n) is 17.7. The van der Waals surface area contributed by atoms with E-state index in [1.165, 1.54) is 124 Å². The summed E-state index contributed by atoms with van der Waals surface area (Å²) in [5.74, 6) is 0. The number of nitrogens with one attached hydrogen (secondary N) is 2. The molecule has 0 atom stereocenters. The number of fused-ring (bicyclic) bond motifs is 6. The molecule has 9 aromatic carbocycles. The zero-order valence-electron chi connectivity index (χ0n) is 39.5. The summed E-state index contributed by atoms with van der Waals surface area (Å²) in [4.78, 5) is 0. The zero-order valence-corrected chi connectivity index (χ0v) is 39.5. The van der Waals surface area contributed by atoms with Crippen molar-refractivity contribution in [3.05, 3.63) is 179 Å². The van der Waals surface area contributed by atoms with E-state index < -0.39 is 0 Å². The van der Waals surface area contributed by atoms with Crippen LogP contribution in [0.1, 0.15) is 78.3 Å². The average molecular weight is 877 g/mol. The molecule has 0 unspecified atom stereocenters. The average Bonchev–Trinajstić information content (AvgIpc) is 3.36. The summed E-state index contributed by atoms with van der Waals surface area (Å²) in [6.07, 6.45) is 11.4. The van der Waals surface area contributed by atoms with Crippen LogP contribution in [-0.2, 0) is 25.8 Å². The van der Waals surface area contributed by atoms with Crippen LogP contribution in [0.15, 0.2) is 146 Å². The topological polar surface area (TPSA) is 128 Å². The highest BCUT2D eigenvalue weighted by atomic mass is 15.1. The number of hydrogen-bond acceptors (Lipinski definition) is 6. The van der Waals surface area contributed by atoms with Gasteiger partial charge in [0.05, 0.1) is 0 Å². The Morgan fingerprint density at radius 2 is 0.758 bits per heavy atom. The number of benzene rings is 9. The van der Waals surface area contributed by atoms with Crippen molar-refractivity contribution in [3.63, 3.8) is 0 Å². The van der Waals surface area contributed by atoms with E-state index in [2.05, 4.69) is 170 Å². The van der Waals surface area contributed by atoms with E-state index in [0.29, 0.717) is 13.3 Å². The molecule has 0 saturated heterocycles. The highest BCUT2D eigenvalue weighted by molar-refractivity contribution is 6.07. The van der Waals surface area contributed by atoms with Crippen molar-refractivity contribution in [3.8, 4) is 0 Å². The molecule has 10 N–H and O–H groups in total. The Balaban J connectivity index is 0.000000150. The number of unbranched alkanes of at least 4 members (excludes halogenated alkanes) is 4. The first-order chi connectivity index (χ1) is 32.5. The molecule has 0 saturated carbocycles. The van der Waals surface area contributed by atoms with Crippen molar-refractivity contribution >= 4 is 64.6 Å². The van der Waals surface area contributed by atoms with Crippen LogP contribution in [0.4, 0.5) is 0 Å². The summed E-state index contributed by atoms with van der Waals surface area (Å²) in [6.45, 7) is 8.75.